The van der Waals surface area contributed by atoms with Crippen molar-refractivity contribution < 1.29 is 14.0 Å². The third-order valence-corrected chi connectivity index (χ3v) is 5.29. The highest BCUT2D eigenvalue weighted by Crippen LogP contribution is 2.42. The van der Waals surface area contributed by atoms with Crippen molar-refractivity contribution in [2.75, 3.05) is 16.8 Å². The molecular formula is C21H25FN4O2. The van der Waals surface area contributed by atoms with Crippen LogP contribution in [0.2, 0.25) is 0 Å². The maximum atomic E-state index is 13.2. The molecule has 3 unspecified atom stereocenters. The Morgan fingerprint density at radius 2 is 1.96 bits per heavy atom. The molecular weight excluding hydrogens is 359 g/mol. The van der Waals surface area contributed by atoms with Gasteiger partial charge in [0.15, 0.2) is 0 Å². The second-order valence-electron chi connectivity index (χ2n) is 7.11. The Morgan fingerprint density at radius 3 is 2.57 bits per heavy atom. The lowest BCUT2D eigenvalue weighted by atomic mass is 9.82. The number of rotatable bonds is 4. The number of pyridine rings is 1. The zero-order chi connectivity index (χ0) is 20.4. The second-order valence-corrected chi connectivity index (χ2v) is 7.11. The molecule has 2 amide bonds. The maximum absolute atomic E-state index is 13.2. The zero-order valence-electron chi connectivity index (χ0n) is 16.5. The normalized spacial score (nSPS) is 21.0. The predicted molar refractivity (Wildman–Crippen MR) is 107 cm³/mol. The van der Waals surface area contributed by atoms with E-state index in [1.807, 2.05) is 32.9 Å². The molecule has 0 aliphatic carbocycles. The summed E-state index contributed by atoms with van der Waals surface area (Å²) in [6.45, 7) is 7.98. The SMILES string of the molecule is CCNC(=O)c1ccc2c(c1)C(Nc1ccc(F)cn1)C(C)C(C)N2C(C)=O. The summed E-state index contributed by atoms with van der Waals surface area (Å²) in [7, 11) is 0. The van der Waals surface area contributed by atoms with Gasteiger partial charge in [0.25, 0.3) is 5.91 Å². The number of nitrogens with zero attached hydrogens (tertiary/aromatic N) is 2. The number of anilines is 2. The number of hydrogen-bond acceptors (Lipinski definition) is 4. The Bertz CT molecular complexity index is 884. The van der Waals surface area contributed by atoms with Crippen LogP contribution in [0.1, 0.15) is 49.7 Å². The van der Waals surface area contributed by atoms with Crippen molar-refractivity contribution in [2.45, 2.75) is 39.8 Å². The van der Waals surface area contributed by atoms with Crippen LogP contribution in [0.3, 0.4) is 0 Å². The molecule has 0 saturated heterocycles. The number of hydrogen-bond donors (Lipinski definition) is 2. The topological polar surface area (TPSA) is 74.3 Å². The molecule has 2 N–H and O–H groups in total. The Labute approximate surface area is 164 Å². The van der Waals surface area contributed by atoms with Crippen LogP contribution in [-0.2, 0) is 4.79 Å². The van der Waals surface area contributed by atoms with Gasteiger partial charge in [-0.25, -0.2) is 9.37 Å². The number of amides is 2. The monoisotopic (exact) mass is 384 g/mol. The van der Waals surface area contributed by atoms with Crippen molar-refractivity contribution in [3.05, 3.63) is 53.5 Å². The zero-order valence-corrected chi connectivity index (χ0v) is 16.5. The van der Waals surface area contributed by atoms with Crippen LogP contribution in [0.15, 0.2) is 36.5 Å². The fourth-order valence-corrected chi connectivity index (χ4v) is 3.73. The van der Waals surface area contributed by atoms with Gasteiger partial charge in [0.05, 0.1) is 12.2 Å². The van der Waals surface area contributed by atoms with Gasteiger partial charge in [-0.05, 0) is 49.7 Å². The standard InChI is InChI=1S/C21H25FN4O2/c1-5-23-21(28)15-6-8-18-17(10-15)20(12(2)13(3)26(18)14(4)27)25-19-9-7-16(22)11-24-19/h6-13,20H,5H2,1-4H3,(H,23,28)(H,24,25). The molecule has 0 saturated carbocycles. The first-order valence-corrected chi connectivity index (χ1v) is 9.43. The number of carbonyl (C=O) groups excluding carboxylic acids is 2. The molecule has 2 aromatic rings. The fourth-order valence-electron chi connectivity index (χ4n) is 3.73. The van der Waals surface area contributed by atoms with Crippen LogP contribution in [0.5, 0.6) is 0 Å². The Kier molecular flexibility index (Phi) is 5.63. The minimum Gasteiger partial charge on any atom is -0.363 e. The minimum atomic E-state index is -0.405. The summed E-state index contributed by atoms with van der Waals surface area (Å²) in [5, 5.41) is 6.15. The average Bonchev–Trinajstić information content (AvgIpc) is 2.66. The first-order chi connectivity index (χ1) is 13.3. The van der Waals surface area contributed by atoms with E-state index in [0.717, 1.165) is 17.4 Å². The van der Waals surface area contributed by atoms with E-state index in [1.54, 1.807) is 24.0 Å². The van der Waals surface area contributed by atoms with Crippen molar-refractivity contribution in [1.29, 1.82) is 0 Å². The summed E-state index contributed by atoms with van der Waals surface area (Å²) in [5.41, 5.74) is 2.14. The molecule has 2 heterocycles. The molecule has 0 spiro atoms. The molecule has 0 radical (unpaired) electrons. The summed E-state index contributed by atoms with van der Waals surface area (Å²) in [4.78, 5) is 30.5. The lowest BCUT2D eigenvalue weighted by Crippen LogP contribution is -2.48. The number of fused-ring (bicyclic) bond motifs is 1. The van der Waals surface area contributed by atoms with Crippen molar-refractivity contribution in [1.82, 2.24) is 10.3 Å². The van der Waals surface area contributed by atoms with E-state index in [4.69, 9.17) is 0 Å². The van der Waals surface area contributed by atoms with Gasteiger partial charge < -0.3 is 15.5 Å². The molecule has 0 bridgehead atoms. The number of carbonyl (C=O) groups is 2. The second kappa shape index (κ2) is 7.96. The molecule has 1 aromatic carbocycles. The van der Waals surface area contributed by atoms with E-state index in [1.165, 1.54) is 6.07 Å². The van der Waals surface area contributed by atoms with Gasteiger partial charge >= 0.3 is 0 Å². The van der Waals surface area contributed by atoms with Crippen LogP contribution in [0, 0.1) is 11.7 Å². The van der Waals surface area contributed by atoms with Crippen molar-refractivity contribution >= 4 is 23.3 Å². The molecule has 0 fully saturated rings. The number of halogens is 1. The third-order valence-electron chi connectivity index (χ3n) is 5.29. The fraction of sp³-hybridized carbons (Fsp3) is 0.381. The van der Waals surface area contributed by atoms with E-state index in [-0.39, 0.29) is 29.8 Å². The number of nitrogens with one attached hydrogen (secondary N) is 2. The molecule has 1 aromatic heterocycles. The number of aromatic nitrogens is 1. The van der Waals surface area contributed by atoms with Crippen LogP contribution in [-0.4, -0.2) is 29.4 Å². The van der Waals surface area contributed by atoms with Crippen LogP contribution in [0.4, 0.5) is 15.9 Å². The quantitative estimate of drug-likeness (QED) is 0.846. The summed E-state index contributed by atoms with van der Waals surface area (Å²) in [6, 6.07) is 8.05. The summed E-state index contributed by atoms with van der Waals surface area (Å²) < 4.78 is 13.2. The van der Waals surface area contributed by atoms with Crippen molar-refractivity contribution in [3.63, 3.8) is 0 Å². The van der Waals surface area contributed by atoms with Gasteiger partial charge in [-0.1, -0.05) is 6.92 Å². The molecule has 148 valence electrons. The molecule has 1 aliphatic heterocycles. The Morgan fingerprint density at radius 1 is 1.21 bits per heavy atom. The van der Waals surface area contributed by atoms with Crippen molar-refractivity contribution in [3.8, 4) is 0 Å². The van der Waals surface area contributed by atoms with Gasteiger partial charge in [-0.3, -0.25) is 9.59 Å². The highest BCUT2D eigenvalue weighted by Gasteiger charge is 2.38. The first-order valence-electron chi connectivity index (χ1n) is 9.43. The predicted octanol–water partition coefficient (Wildman–Crippen LogP) is 3.51. The largest absolute Gasteiger partial charge is 0.363 e. The van der Waals surface area contributed by atoms with E-state index < -0.39 is 5.82 Å². The van der Waals surface area contributed by atoms with Crippen LogP contribution >= 0.6 is 0 Å². The lowest BCUT2D eigenvalue weighted by Gasteiger charge is -2.44. The highest BCUT2D eigenvalue weighted by atomic mass is 19.1. The average molecular weight is 384 g/mol. The summed E-state index contributed by atoms with van der Waals surface area (Å²) in [6.07, 6.45) is 1.16. The summed E-state index contributed by atoms with van der Waals surface area (Å²) in [5.74, 6) is -0.0459. The van der Waals surface area contributed by atoms with E-state index >= 15 is 0 Å². The van der Waals surface area contributed by atoms with Crippen molar-refractivity contribution in [2.24, 2.45) is 5.92 Å². The molecule has 28 heavy (non-hydrogen) atoms. The maximum Gasteiger partial charge on any atom is 0.251 e. The van der Waals surface area contributed by atoms with Crippen LogP contribution < -0.4 is 15.5 Å². The molecule has 6 nitrogen and oxygen atoms in total. The smallest absolute Gasteiger partial charge is 0.251 e. The van der Waals surface area contributed by atoms with E-state index in [2.05, 4.69) is 15.6 Å². The molecule has 3 rings (SSSR count). The Balaban J connectivity index is 2.07. The molecule has 1 aliphatic rings. The summed E-state index contributed by atoms with van der Waals surface area (Å²) >= 11 is 0. The highest BCUT2D eigenvalue weighted by molar-refractivity contribution is 5.97. The van der Waals surface area contributed by atoms with Gasteiger partial charge in [0.1, 0.15) is 11.6 Å². The minimum absolute atomic E-state index is 0.0349. The number of benzene rings is 1. The molecule has 3 atom stereocenters. The van der Waals surface area contributed by atoms with Gasteiger partial charge in [-0.15, -0.1) is 0 Å². The van der Waals surface area contributed by atoms with E-state index in [9.17, 15) is 14.0 Å². The molecule has 7 heteroatoms. The Hall–Kier alpha value is -2.96. The van der Waals surface area contributed by atoms with E-state index in [0.29, 0.717) is 17.9 Å². The third kappa shape index (κ3) is 3.69. The first kappa shape index (κ1) is 19.8. The van der Waals surface area contributed by atoms with Gasteiger partial charge in [0.2, 0.25) is 5.91 Å². The lowest BCUT2D eigenvalue weighted by molar-refractivity contribution is -0.117. The van der Waals surface area contributed by atoms with Gasteiger partial charge in [0, 0.05) is 36.7 Å². The van der Waals surface area contributed by atoms with Crippen LogP contribution in [0.25, 0.3) is 0 Å². The van der Waals surface area contributed by atoms with Gasteiger partial charge in [-0.2, -0.15) is 0 Å².